The van der Waals surface area contributed by atoms with E-state index < -0.39 is 0 Å². The Hall–Kier alpha value is -1.62. The van der Waals surface area contributed by atoms with Crippen LogP contribution in [0, 0.1) is 6.92 Å². The van der Waals surface area contributed by atoms with Crippen LogP contribution in [0.3, 0.4) is 0 Å². The maximum absolute atomic E-state index is 12.6. The molecule has 1 amide bonds. The van der Waals surface area contributed by atoms with Gasteiger partial charge in [0.2, 0.25) is 0 Å². The van der Waals surface area contributed by atoms with Gasteiger partial charge >= 0.3 is 0 Å². The largest absolute Gasteiger partial charge is 0.336 e. The van der Waals surface area contributed by atoms with Crippen molar-refractivity contribution in [3.63, 3.8) is 0 Å². The molecule has 0 atom stereocenters. The van der Waals surface area contributed by atoms with Crippen molar-refractivity contribution in [3.05, 3.63) is 33.7 Å². The maximum Gasteiger partial charge on any atom is 0.263 e. The Kier molecular flexibility index (Phi) is 5.56. The lowest BCUT2D eigenvalue weighted by atomic mass is 10.2. The lowest BCUT2D eigenvalue weighted by Crippen LogP contribution is -2.48. The Morgan fingerprint density at radius 1 is 1.24 bits per heavy atom. The van der Waals surface area contributed by atoms with Gasteiger partial charge < -0.3 is 14.8 Å². The summed E-state index contributed by atoms with van der Waals surface area (Å²) in [6.07, 6.45) is 3.19. The number of hydrogen-bond acceptors (Lipinski definition) is 3. The van der Waals surface area contributed by atoms with Gasteiger partial charge in [-0.2, -0.15) is 0 Å². The highest BCUT2D eigenvalue weighted by Crippen LogP contribution is 2.06. The Labute approximate surface area is 126 Å². The molecule has 0 spiro atoms. The molecule has 1 aliphatic rings. The number of hydrogen-bond donors (Lipinski definition) is 1. The standard InChI is InChI=1S/C16H25N3O2/c1-3-4-5-10-19-13(2)6-7-14(16(19)21)15(20)18-11-8-17-9-12-18/h6-7,17H,3-5,8-12H2,1-2H3. The molecule has 116 valence electrons. The summed E-state index contributed by atoms with van der Waals surface area (Å²) in [6, 6.07) is 3.56. The topological polar surface area (TPSA) is 54.3 Å². The number of aromatic nitrogens is 1. The van der Waals surface area contributed by atoms with Crippen molar-refractivity contribution in [3.8, 4) is 0 Å². The minimum absolute atomic E-state index is 0.134. The fourth-order valence-electron chi connectivity index (χ4n) is 2.67. The molecule has 0 saturated carbocycles. The first-order chi connectivity index (χ1) is 10.1. The number of carbonyl (C=O) groups excluding carboxylic acids is 1. The van der Waals surface area contributed by atoms with Crippen molar-refractivity contribution in [2.45, 2.75) is 39.7 Å². The van der Waals surface area contributed by atoms with Crippen LogP contribution in [0.1, 0.15) is 42.2 Å². The second kappa shape index (κ2) is 7.41. The number of rotatable bonds is 5. The monoisotopic (exact) mass is 291 g/mol. The SMILES string of the molecule is CCCCCn1c(C)ccc(C(=O)N2CCNCC2)c1=O. The van der Waals surface area contributed by atoms with E-state index in [4.69, 9.17) is 0 Å². The van der Waals surface area contributed by atoms with Gasteiger partial charge in [-0.15, -0.1) is 0 Å². The van der Waals surface area contributed by atoms with Crippen LogP contribution in [-0.4, -0.2) is 41.6 Å². The van der Waals surface area contributed by atoms with E-state index in [1.165, 1.54) is 0 Å². The van der Waals surface area contributed by atoms with E-state index in [1.54, 1.807) is 15.5 Å². The number of piperazine rings is 1. The number of nitrogens with zero attached hydrogens (tertiary/aromatic N) is 2. The number of carbonyl (C=O) groups is 1. The van der Waals surface area contributed by atoms with Crippen LogP contribution in [-0.2, 0) is 6.54 Å². The molecule has 1 saturated heterocycles. The van der Waals surface area contributed by atoms with Gasteiger partial charge in [0.25, 0.3) is 11.5 Å². The van der Waals surface area contributed by atoms with E-state index in [0.717, 1.165) is 38.0 Å². The zero-order chi connectivity index (χ0) is 15.2. The van der Waals surface area contributed by atoms with E-state index in [1.807, 2.05) is 13.0 Å². The third-order valence-corrected chi connectivity index (χ3v) is 4.01. The normalized spacial score (nSPS) is 15.2. The molecule has 1 aliphatic heterocycles. The van der Waals surface area contributed by atoms with Gasteiger partial charge in [-0.3, -0.25) is 9.59 Å². The third kappa shape index (κ3) is 3.73. The lowest BCUT2D eigenvalue weighted by molar-refractivity contribution is 0.0733. The summed E-state index contributed by atoms with van der Waals surface area (Å²) in [5.41, 5.74) is 1.08. The minimum atomic E-state index is -0.144. The summed E-state index contributed by atoms with van der Waals surface area (Å²) >= 11 is 0. The summed E-state index contributed by atoms with van der Waals surface area (Å²) < 4.78 is 1.74. The van der Waals surface area contributed by atoms with E-state index in [9.17, 15) is 9.59 Å². The van der Waals surface area contributed by atoms with Crippen molar-refractivity contribution >= 4 is 5.91 Å². The molecule has 1 aromatic heterocycles. The van der Waals surface area contributed by atoms with E-state index in [0.29, 0.717) is 25.2 Å². The van der Waals surface area contributed by atoms with Crippen LogP contribution in [0.5, 0.6) is 0 Å². The minimum Gasteiger partial charge on any atom is -0.336 e. The van der Waals surface area contributed by atoms with Crippen molar-refractivity contribution in [2.24, 2.45) is 0 Å². The van der Waals surface area contributed by atoms with Gasteiger partial charge in [-0.1, -0.05) is 19.8 Å². The number of nitrogens with one attached hydrogen (secondary N) is 1. The Bertz CT molecular complexity index is 545. The van der Waals surface area contributed by atoms with Gasteiger partial charge in [0.15, 0.2) is 0 Å². The zero-order valence-corrected chi connectivity index (χ0v) is 13.0. The van der Waals surface area contributed by atoms with Gasteiger partial charge in [-0.05, 0) is 25.5 Å². The summed E-state index contributed by atoms with van der Waals surface area (Å²) in [5, 5.41) is 3.21. The first-order valence-corrected chi connectivity index (χ1v) is 7.85. The molecule has 0 bridgehead atoms. The van der Waals surface area contributed by atoms with Crippen LogP contribution in [0.15, 0.2) is 16.9 Å². The second-order valence-corrected chi connectivity index (χ2v) is 5.59. The summed E-state index contributed by atoms with van der Waals surface area (Å²) in [6.45, 7) is 7.68. The molecule has 5 heteroatoms. The molecule has 1 fully saturated rings. The molecule has 21 heavy (non-hydrogen) atoms. The number of aryl methyl sites for hydroxylation is 1. The molecule has 0 aromatic carbocycles. The third-order valence-electron chi connectivity index (χ3n) is 4.01. The molecular formula is C16H25N3O2. The van der Waals surface area contributed by atoms with Crippen LogP contribution in [0.2, 0.25) is 0 Å². The maximum atomic E-state index is 12.6. The molecule has 1 N–H and O–H groups in total. The van der Waals surface area contributed by atoms with Gasteiger partial charge in [0.1, 0.15) is 5.56 Å². The van der Waals surface area contributed by atoms with Crippen LogP contribution < -0.4 is 10.9 Å². The summed E-state index contributed by atoms with van der Waals surface area (Å²) in [4.78, 5) is 26.8. The Balaban J connectivity index is 2.21. The fraction of sp³-hybridized carbons (Fsp3) is 0.625. The van der Waals surface area contributed by atoms with Crippen LogP contribution >= 0.6 is 0 Å². The van der Waals surface area contributed by atoms with Crippen LogP contribution in [0.25, 0.3) is 0 Å². The molecule has 5 nitrogen and oxygen atoms in total. The fourth-order valence-corrected chi connectivity index (χ4v) is 2.67. The zero-order valence-electron chi connectivity index (χ0n) is 13.0. The van der Waals surface area contributed by atoms with Gasteiger partial charge in [0.05, 0.1) is 0 Å². The lowest BCUT2D eigenvalue weighted by Gasteiger charge is -2.27. The molecule has 2 rings (SSSR count). The highest BCUT2D eigenvalue weighted by atomic mass is 16.2. The second-order valence-electron chi connectivity index (χ2n) is 5.59. The van der Waals surface area contributed by atoms with Crippen molar-refractivity contribution < 1.29 is 4.79 Å². The van der Waals surface area contributed by atoms with E-state index in [2.05, 4.69) is 12.2 Å². The van der Waals surface area contributed by atoms with Crippen molar-refractivity contribution in [1.29, 1.82) is 0 Å². The molecule has 2 heterocycles. The first-order valence-electron chi connectivity index (χ1n) is 7.85. The quantitative estimate of drug-likeness (QED) is 0.834. The molecule has 0 radical (unpaired) electrons. The number of amides is 1. The van der Waals surface area contributed by atoms with E-state index >= 15 is 0 Å². The van der Waals surface area contributed by atoms with Crippen LogP contribution in [0.4, 0.5) is 0 Å². The first kappa shape index (κ1) is 15.8. The molecule has 1 aromatic rings. The number of pyridine rings is 1. The highest BCUT2D eigenvalue weighted by Gasteiger charge is 2.21. The average Bonchev–Trinajstić information content (AvgIpc) is 2.51. The van der Waals surface area contributed by atoms with Gasteiger partial charge in [0, 0.05) is 38.4 Å². The van der Waals surface area contributed by atoms with E-state index in [-0.39, 0.29) is 11.5 Å². The highest BCUT2D eigenvalue weighted by molar-refractivity contribution is 5.94. The predicted molar refractivity (Wildman–Crippen MR) is 83.7 cm³/mol. The average molecular weight is 291 g/mol. The smallest absolute Gasteiger partial charge is 0.263 e. The summed E-state index contributed by atoms with van der Waals surface area (Å²) in [7, 11) is 0. The van der Waals surface area contributed by atoms with Crippen molar-refractivity contribution in [1.82, 2.24) is 14.8 Å². The van der Waals surface area contributed by atoms with Crippen molar-refractivity contribution in [2.75, 3.05) is 26.2 Å². The number of unbranched alkanes of at least 4 members (excludes halogenated alkanes) is 2. The molecule has 0 aliphatic carbocycles. The Morgan fingerprint density at radius 2 is 1.95 bits per heavy atom. The molecule has 0 unspecified atom stereocenters. The van der Waals surface area contributed by atoms with Gasteiger partial charge in [-0.25, -0.2) is 0 Å². The summed E-state index contributed by atoms with van der Waals surface area (Å²) in [5.74, 6) is -0.134. The molecular weight excluding hydrogens is 266 g/mol. The Morgan fingerprint density at radius 3 is 2.62 bits per heavy atom. The predicted octanol–water partition coefficient (Wildman–Crippen LogP) is 1.39.